The van der Waals surface area contributed by atoms with Gasteiger partial charge in [-0.15, -0.1) is 24.0 Å². The standard InChI is InChI=1S/C21H33ClN4.HI/c1-4-23-21(26-11-10-16(15-26)14-25(5-2)6-3)24-20-13-19(20)17-8-7-9-18(22)12-17;/h7-9,12,16,19-20H,4-6,10-11,13-15H2,1-3H3,(H,23,24);1H. The van der Waals surface area contributed by atoms with Gasteiger partial charge in [0.25, 0.3) is 0 Å². The van der Waals surface area contributed by atoms with Crippen LogP contribution in [0.4, 0.5) is 0 Å². The molecular weight excluding hydrogens is 471 g/mol. The summed E-state index contributed by atoms with van der Waals surface area (Å²) >= 11 is 6.15. The van der Waals surface area contributed by atoms with Gasteiger partial charge in [-0.3, -0.25) is 4.99 Å². The highest BCUT2D eigenvalue weighted by Gasteiger charge is 2.40. The Hall–Kier alpha value is -0.530. The van der Waals surface area contributed by atoms with Gasteiger partial charge in [-0.1, -0.05) is 37.6 Å². The largest absolute Gasteiger partial charge is 0.353 e. The zero-order valence-electron chi connectivity index (χ0n) is 16.8. The SMILES string of the molecule is CCN=C(NC1CC1c1cccc(Cl)c1)N1CCC(CN(CC)CC)C1.I. The van der Waals surface area contributed by atoms with Gasteiger partial charge in [0.2, 0.25) is 0 Å². The van der Waals surface area contributed by atoms with E-state index in [0.29, 0.717) is 12.0 Å². The number of halogens is 2. The molecule has 2 aliphatic rings. The Balaban J connectivity index is 0.00000261. The molecule has 0 amide bonds. The molecule has 1 saturated heterocycles. The summed E-state index contributed by atoms with van der Waals surface area (Å²) in [5.74, 6) is 2.41. The Morgan fingerprint density at radius 2 is 2.07 bits per heavy atom. The molecule has 6 heteroatoms. The molecular formula is C21H34ClIN4. The summed E-state index contributed by atoms with van der Waals surface area (Å²) in [6.07, 6.45) is 2.43. The third kappa shape index (κ3) is 6.23. The molecule has 3 atom stereocenters. The molecule has 4 nitrogen and oxygen atoms in total. The topological polar surface area (TPSA) is 30.9 Å². The van der Waals surface area contributed by atoms with E-state index >= 15 is 0 Å². The number of aliphatic imine (C=N–C) groups is 1. The van der Waals surface area contributed by atoms with E-state index in [9.17, 15) is 0 Å². The van der Waals surface area contributed by atoms with E-state index in [-0.39, 0.29) is 24.0 Å². The first-order valence-electron chi connectivity index (χ1n) is 10.2. The Morgan fingerprint density at radius 1 is 1.30 bits per heavy atom. The van der Waals surface area contributed by atoms with Gasteiger partial charge >= 0.3 is 0 Å². The van der Waals surface area contributed by atoms with Crippen molar-refractivity contribution < 1.29 is 0 Å². The maximum absolute atomic E-state index is 6.15. The second kappa shape index (κ2) is 10.9. The fourth-order valence-corrected chi connectivity index (χ4v) is 4.23. The number of likely N-dealkylation sites (tertiary alicyclic amines) is 1. The fourth-order valence-electron chi connectivity index (χ4n) is 4.03. The predicted molar refractivity (Wildman–Crippen MR) is 127 cm³/mol. The zero-order valence-corrected chi connectivity index (χ0v) is 19.9. The van der Waals surface area contributed by atoms with Crippen LogP contribution in [0.1, 0.15) is 45.1 Å². The molecule has 1 aliphatic carbocycles. The first kappa shape index (κ1) is 22.8. The van der Waals surface area contributed by atoms with Crippen LogP contribution in [0.15, 0.2) is 29.3 Å². The van der Waals surface area contributed by atoms with Crippen molar-refractivity contribution >= 4 is 41.5 Å². The molecule has 152 valence electrons. The van der Waals surface area contributed by atoms with Gasteiger partial charge in [0.1, 0.15) is 0 Å². The van der Waals surface area contributed by atoms with Crippen LogP contribution in [0.3, 0.4) is 0 Å². The number of nitrogens with zero attached hydrogens (tertiary/aromatic N) is 3. The molecule has 0 bridgehead atoms. The second-order valence-corrected chi connectivity index (χ2v) is 7.97. The van der Waals surface area contributed by atoms with Gasteiger partial charge in [-0.2, -0.15) is 0 Å². The van der Waals surface area contributed by atoms with Crippen LogP contribution < -0.4 is 5.32 Å². The number of guanidine groups is 1. The highest BCUT2D eigenvalue weighted by molar-refractivity contribution is 14.0. The normalized spacial score (nSPS) is 24.9. The quantitative estimate of drug-likeness (QED) is 0.338. The lowest BCUT2D eigenvalue weighted by Gasteiger charge is -2.24. The van der Waals surface area contributed by atoms with Crippen LogP contribution >= 0.6 is 35.6 Å². The smallest absolute Gasteiger partial charge is 0.194 e. The third-order valence-corrected chi connectivity index (χ3v) is 5.92. The number of hydrogen-bond acceptors (Lipinski definition) is 2. The van der Waals surface area contributed by atoms with Gasteiger partial charge in [0.15, 0.2) is 5.96 Å². The van der Waals surface area contributed by atoms with Crippen molar-refractivity contribution in [2.24, 2.45) is 10.9 Å². The number of hydrogen-bond donors (Lipinski definition) is 1. The Bertz CT molecular complexity index is 620. The lowest BCUT2D eigenvalue weighted by molar-refractivity contribution is 0.255. The Morgan fingerprint density at radius 3 is 2.74 bits per heavy atom. The highest BCUT2D eigenvalue weighted by atomic mass is 127. The number of nitrogens with one attached hydrogen (secondary N) is 1. The van der Waals surface area contributed by atoms with Gasteiger partial charge in [-0.05, 0) is 56.5 Å². The van der Waals surface area contributed by atoms with E-state index < -0.39 is 0 Å². The third-order valence-electron chi connectivity index (χ3n) is 5.69. The first-order chi connectivity index (χ1) is 12.6. The van der Waals surface area contributed by atoms with Crippen LogP contribution in [-0.4, -0.2) is 61.1 Å². The summed E-state index contributed by atoms with van der Waals surface area (Å²) in [6.45, 7) is 13.2. The van der Waals surface area contributed by atoms with E-state index in [1.54, 1.807) is 0 Å². The van der Waals surface area contributed by atoms with Crippen molar-refractivity contribution in [1.82, 2.24) is 15.1 Å². The molecule has 0 radical (unpaired) electrons. The van der Waals surface area contributed by atoms with E-state index in [1.807, 2.05) is 12.1 Å². The molecule has 0 spiro atoms. The minimum absolute atomic E-state index is 0. The van der Waals surface area contributed by atoms with Gasteiger partial charge in [-0.25, -0.2) is 0 Å². The Labute approximate surface area is 186 Å². The predicted octanol–water partition coefficient (Wildman–Crippen LogP) is 4.44. The molecule has 1 heterocycles. The monoisotopic (exact) mass is 504 g/mol. The molecule has 1 aromatic rings. The van der Waals surface area contributed by atoms with Gasteiger partial charge in [0, 0.05) is 43.2 Å². The fraction of sp³-hybridized carbons (Fsp3) is 0.667. The van der Waals surface area contributed by atoms with Gasteiger partial charge in [0.05, 0.1) is 0 Å². The van der Waals surface area contributed by atoms with Gasteiger partial charge < -0.3 is 15.1 Å². The molecule has 1 aliphatic heterocycles. The summed E-state index contributed by atoms with van der Waals surface area (Å²) < 4.78 is 0. The van der Waals surface area contributed by atoms with Crippen LogP contribution in [0.5, 0.6) is 0 Å². The molecule has 3 rings (SSSR count). The van der Waals surface area contributed by atoms with Crippen LogP contribution in [0, 0.1) is 5.92 Å². The molecule has 1 N–H and O–H groups in total. The van der Waals surface area contributed by atoms with Crippen molar-refractivity contribution in [2.45, 2.75) is 45.6 Å². The summed E-state index contributed by atoms with van der Waals surface area (Å²) in [5.41, 5.74) is 1.34. The van der Waals surface area contributed by atoms with E-state index in [2.05, 4.69) is 48.0 Å². The summed E-state index contributed by atoms with van der Waals surface area (Å²) in [4.78, 5) is 9.78. The van der Waals surface area contributed by atoms with Crippen LogP contribution in [-0.2, 0) is 0 Å². The van der Waals surface area contributed by atoms with E-state index in [0.717, 1.165) is 49.6 Å². The minimum atomic E-state index is 0. The summed E-state index contributed by atoms with van der Waals surface area (Å²) in [6, 6.07) is 8.76. The van der Waals surface area contributed by atoms with E-state index in [4.69, 9.17) is 16.6 Å². The van der Waals surface area contributed by atoms with Crippen molar-refractivity contribution in [3.05, 3.63) is 34.9 Å². The molecule has 1 aromatic carbocycles. The van der Waals surface area contributed by atoms with Crippen molar-refractivity contribution in [1.29, 1.82) is 0 Å². The van der Waals surface area contributed by atoms with Crippen molar-refractivity contribution in [2.75, 3.05) is 39.3 Å². The first-order valence-corrected chi connectivity index (χ1v) is 10.6. The maximum atomic E-state index is 6.15. The second-order valence-electron chi connectivity index (χ2n) is 7.53. The molecule has 2 fully saturated rings. The van der Waals surface area contributed by atoms with Crippen LogP contribution in [0.25, 0.3) is 0 Å². The molecule has 27 heavy (non-hydrogen) atoms. The number of benzene rings is 1. The summed E-state index contributed by atoms with van der Waals surface area (Å²) in [5, 5.41) is 4.55. The molecule has 1 saturated carbocycles. The maximum Gasteiger partial charge on any atom is 0.194 e. The average molecular weight is 505 g/mol. The highest BCUT2D eigenvalue weighted by Crippen LogP contribution is 2.41. The van der Waals surface area contributed by atoms with E-state index in [1.165, 1.54) is 24.9 Å². The minimum Gasteiger partial charge on any atom is -0.353 e. The number of rotatable bonds is 7. The van der Waals surface area contributed by atoms with Crippen molar-refractivity contribution in [3.63, 3.8) is 0 Å². The van der Waals surface area contributed by atoms with Crippen molar-refractivity contribution in [3.8, 4) is 0 Å². The molecule has 0 aromatic heterocycles. The molecule has 3 unspecified atom stereocenters. The Kier molecular flexibility index (Phi) is 9.16. The zero-order chi connectivity index (χ0) is 18.5. The lowest BCUT2D eigenvalue weighted by atomic mass is 10.1. The average Bonchev–Trinajstić information content (AvgIpc) is 3.26. The van der Waals surface area contributed by atoms with Crippen LogP contribution in [0.2, 0.25) is 5.02 Å². The summed E-state index contributed by atoms with van der Waals surface area (Å²) in [7, 11) is 0. The lowest BCUT2D eigenvalue weighted by Crippen LogP contribution is -2.42.